The van der Waals surface area contributed by atoms with Gasteiger partial charge in [-0.25, -0.2) is 9.97 Å². The van der Waals surface area contributed by atoms with E-state index in [1.807, 2.05) is 47.9 Å². The minimum atomic E-state index is -0.302. The van der Waals surface area contributed by atoms with Gasteiger partial charge in [0.05, 0.1) is 24.7 Å². The molecule has 1 aromatic carbocycles. The number of benzene rings is 1. The molecule has 0 aliphatic heterocycles. The summed E-state index contributed by atoms with van der Waals surface area (Å²) in [6.07, 6.45) is 4.95. The maximum absolute atomic E-state index is 13.9. The second-order valence-electron chi connectivity index (χ2n) is 8.30. The van der Waals surface area contributed by atoms with Crippen LogP contribution in [0.5, 0.6) is 5.88 Å². The van der Waals surface area contributed by atoms with Gasteiger partial charge in [0.15, 0.2) is 0 Å². The first-order chi connectivity index (χ1) is 16.5. The van der Waals surface area contributed by atoms with Crippen LogP contribution < -0.4 is 21.3 Å². The quantitative estimate of drug-likeness (QED) is 0.450. The maximum atomic E-state index is 13.9. The summed E-state index contributed by atoms with van der Waals surface area (Å²) in [5.74, 6) is 0.906. The van der Waals surface area contributed by atoms with Gasteiger partial charge in [-0.05, 0) is 48.4 Å². The number of nitrogens with two attached hydrogens (primary N) is 1. The Kier molecular flexibility index (Phi) is 5.34. The number of aromatic nitrogens is 4. The molecule has 1 aliphatic rings. The van der Waals surface area contributed by atoms with Crippen molar-refractivity contribution in [3.05, 3.63) is 70.4 Å². The van der Waals surface area contributed by atoms with Crippen molar-refractivity contribution in [1.82, 2.24) is 19.5 Å². The number of anilines is 2. The summed E-state index contributed by atoms with van der Waals surface area (Å²) in [5, 5.41) is 14.2. The predicted octanol–water partition coefficient (Wildman–Crippen LogP) is 3.82. The molecule has 5 rings (SSSR count). The van der Waals surface area contributed by atoms with Gasteiger partial charge >= 0.3 is 0 Å². The first-order valence-electron chi connectivity index (χ1n) is 11.0. The zero-order chi connectivity index (χ0) is 23.8. The molecule has 1 aliphatic carbocycles. The molecule has 170 valence electrons. The zero-order valence-electron chi connectivity index (χ0n) is 18.8. The lowest BCUT2D eigenvalue weighted by atomic mass is 9.98. The number of fused-ring (bicyclic) bond motifs is 1. The Morgan fingerprint density at radius 2 is 2.09 bits per heavy atom. The van der Waals surface area contributed by atoms with Crippen LogP contribution in [0.4, 0.5) is 11.8 Å². The summed E-state index contributed by atoms with van der Waals surface area (Å²) in [6.45, 7) is 1.94. The Balaban J connectivity index is 1.66. The molecule has 0 radical (unpaired) electrons. The van der Waals surface area contributed by atoms with Crippen LogP contribution in [0.2, 0.25) is 0 Å². The molecule has 4 aromatic rings. The van der Waals surface area contributed by atoms with Gasteiger partial charge in [0, 0.05) is 24.0 Å². The second kappa shape index (κ2) is 8.48. The number of hydrogen-bond acceptors (Lipinski definition) is 8. The second-order valence-corrected chi connectivity index (χ2v) is 8.30. The predicted molar refractivity (Wildman–Crippen MR) is 129 cm³/mol. The molecule has 0 saturated heterocycles. The molecule has 3 N–H and O–H groups in total. The van der Waals surface area contributed by atoms with E-state index in [9.17, 15) is 10.1 Å². The lowest BCUT2D eigenvalue weighted by Crippen LogP contribution is -2.26. The highest BCUT2D eigenvalue weighted by Gasteiger charge is 2.30. The fourth-order valence-electron chi connectivity index (χ4n) is 4.23. The molecule has 9 nitrogen and oxygen atoms in total. The van der Waals surface area contributed by atoms with Crippen molar-refractivity contribution >= 4 is 22.5 Å². The van der Waals surface area contributed by atoms with Crippen LogP contribution >= 0.6 is 0 Å². The van der Waals surface area contributed by atoms with Crippen molar-refractivity contribution < 1.29 is 4.74 Å². The minimum Gasteiger partial charge on any atom is -0.481 e. The fraction of sp³-hybridized carbons (Fsp3) is 0.240. The molecule has 0 amide bonds. The summed E-state index contributed by atoms with van der Waals surface area (Å²) in [5.41, 5.74) is 8.50. The molecule has 34 heavy (non-hydrogen) atoms. The molecular formula is C25H23N7O2. The highest BCUT2D eigenvalue weighted by atomic mass is 16.5. The summed E-state index contributed by atoms with van der Waals surface area (Å²) in [4.78, 5) is 26.2. The third-order valence-electron chi connectivity index (χ3n) is 6.00. The fourth-order valence-corrected chi connectivity index (χ4v) is 4.23. The highest BCUT2D eigenvalue weighted by Crippen LogP contribution is 2.38. The third-order valence-corrected chi connectivity index (χ3v) is 6.00. The largest absolute Gasteiger partial charge is 0.481 e. The number of ether oxygens (including phenoxy) is 1. The molecular weight excluding hydrogens is 430 g/mol. The standard InChI is InChI=1S/C25H23N7O2/c1-14(30-23-17(12-26)13-29-25(27)31-23)20-10-16-4-3-5-19(15-8-9-28-21(11-15)34-2)22(16)24(33)32(20)18-6-7-18/h3-5,8-11,13-14,18H,6-7H2,1-2H3,(H3,27,29,30,31)/t14-/m0/s1. The normalized spacial score (nSPS) is 13.9. The zero-order valence-corrected chi connectivity index (χ0v) is 18.8. The van der Waals surface area contributed by atoms with E-state index in [4.69, 9.17) is 10.5 Å². The van der Waals surface area contributed by atoms with E-state index in [2.05, 4.69) is 26.3 Å². The molecule has 0 bridgehead atoms. The molecule has 0 unspecified atom stereocenters. The van der Waals surface area contributed by atoms with Crippen LogP contribution in [0, 0.1) is 11.3 Å². The van der Waals surface area contributed by atoms with Gasteiger partial charge in [-0.3, -0.25) is 4.79 Å². The Labute approximate surface area is 195 Å². The average molecular weight is 454 g/mol. The molecule has 1 atom stereocenters. The van der Waals surface area contributed by atoms with E-state index in [0.29, 0.717) is 17.1 Å². The number of rotatable bonds is 6. The van der Waals surface area contributed by atoms with Gasteiger partial charge in [-0.1, -0.05) is 18.2 Å². The number of nitriles is 1. The Morgan fingerprint density at radius 3 is 2.82 bits per heavy atom. The van der Waals surface area contributed by atoms with Crippen LogP contribution in [0.3, 0.4) is 0 Å². The topological polar surface area (TPSA) is 132 Å². The van der Waals surface area contributed by atoms with Crippen LogP contribution in [0.25, 0.3) is 21.9 Å². The summed E-state index contributed by atoms with van der Waals surface area (Å²) in [7, 11) is 1.57. The van der Waals surface area contributed by atoms with E-state index < -0.39 is 0 Å². The summed E-state index contributed by atoms with van der Waals surface area (Å²) in [6, 6.07) is 13.5. The van der Waals surface area contributed by atoms with Crippen LogP contribution in [-0.2, 0) is 0 Å². The van der Waals surface area contributed by atoms with Gasteiger partial charge in [-0.15, -0.1) is 0 Å². The number of pyridine rings is 2. The molecule has 3 heterocycles. The van der Waals surface area contributed by atoms with Crippen molar-refractivity contribution in [2.75, 3.05) is 18.2 Å². The number of nitrogens with zero attached hydrogens (tertiary/aromatic N) is 5. The molecule has 1 saturated carbocycles. The van der Waals surface area contributed by atoms with E-state index in [1.165, 1.54) is 6.20 Å². The van der Waals surface area contributed by atoms with Crippen LogP contribution in [0.1, 0.15) is 43.1 Å². The first-order valence-corrected chi connectivity index (χ1v) is 11.0. The smallest absolute Gasteiger partial charge is 0.259 e. The molecule has 0 spiro atoms. The van der Waals surface area contributed by atoms with Crippen molar-refractivity contribution in [2.45, 2.75) is 31.8 Å². The van der Waals surface area contributed by atoms with Crippen LogP contribution in [0.15, 0.2) is 53.6 Å². The van der Waals surface area contributed by atoms with E-state index in [-0.39, 0.29) is 29.2 Å². The SMILES string of the molecule is COc1cc(-c2cccc3cc([C@H](C)Nc4nc(N)ncc4C#N)n(C4CC4)c(=O)c23)ccn1. The lowest BCUT2D eigenvalue weighted by Gasteiger charge is -2.22. The number of nitrogen functional groups attached to an aromatic ring is 1. The van der Waals surface area contributed by atoms with Gasteiger partial charge in [-0.2, -0.15) is 10.2 Å². The van der Waals surface area contributed by atoms with Gasteiger partial charge in [0.25, 0.3) is 5.56 Å². The molecule has 3 aromatic heterocycles. The lowest BCUT2D eigenvalue weighted by molar-refractivity contribution is 0.398. The summed E-state index contributed by atoms with van der Waals surface area (Å²) < 4.78 is 7.15. The van der Waals surface area contributed by atoms with Crippen molar-refractivity contribution in [1.29, 1.82) is 5.26 Å². The Hall–Kier alpha value is -4.45. The Bertz CT molecular complexity index is 1500. The Morgan fingerprint density at radius 1 is 1.26 bits per heavy atom. The van der Waals surface area contributed by atoms with Crippen molar-refractivity contribution in [2.24, 2.45) is 0 Å². The van der Waals surface area contributed by atoms with E-state index >= 15 is 0 Å². The minimum absolute atomic E-state index is 0.0438. The number of hydrogen-bond donors (Lipinski definition) is 2. The maximum Gasteiger partial charge on any atom is 0.259 e. The number of methoxy groups -OCH3 is 1. The summed E-state index contributed by atoms with van der Waals surface area (Å²) >= 11 is 0. The molecule has 1 fully saturated rings. The van der Waals surface area contributed by atoms with Crippen molar-refractivity contribution in [3.8, 4) is 23.1 Å². The van der Waals surface area contributed by atoms with Gasteiger partial charge in [0.1, 0.15) is 17.5 Å². The highest BCUT2D eigenvalue weighted by molar-refractivity contribution is 5.96. The molecule has 9 heteroatoms. The third kappa shape index (κ3) is 3.79. The van der Waals surface area contributed by atoms with Crippen LogP contribution in [-0.4, -0.2) is 26.6 Å². The van der Waals surface area contributed by atoms with Crippen molar-refractivity contribution in [3.63, 3.8) is 0 Å². The van der Waals surface area contributed by atoms with Gasteiger partial charge in [0.2, 0.25) is 11.8 Å². The first kappa shape index (κ1) is 21.4. The van der Waals surface area contributed by atoms with E-state index in [0.717, 1.165) is 35.0 Å². The number of nitrogens with one attached hydrogen (secondary N) is 1. The average Bonchev–Trinajstić information content (AvgIpc) is 3.69. The van der Waals surface area contributed by atoms with E-state index in [1.54, 1.807) is 13.3 Å². The monoisotopic (exact) mass is 453 g/mol. The van der Waals surface area contributed by atoms with Gasteiger partial charge < -0.3 is 20.4 Å².